The van der Waals surface area contributed by atoms with Crippen LogP contribution in [0.15, 0.2) is 12.2 Å². The molecule has 0 aliphatic heterocycles. The zero-order valence-corrected chi connectivity index (χ0v) is 11.8. The molecule has 0 aliphatic carbocycles. The Labute approximate surface area is 115 Å². The van der Waals surface area contributed by atoms with Gasteiger partial charge >= 0.3 is 6.03 Å². The van der Waals surface area contributed by atoms with Crippen LogP contribution < -0.4 is 15.8 Å². The van der Waals surface area contributed by atoms with Gasteiger partial charge in [0.05, 0.1) is 0 Å². The van der Waals surface area contributed by atoms with Gasteiger partial charge in [-0.25, -0.2) is 4.79 Å². The van der Waals surface area contributed by atoms with E-state index in [4.69, 9.17) is 10.5 Å². The third kappa shape index (κ3) is 3.95. The van der Waals surface area contributed by atoms with Crippen molar-refractivity contribution in [3.05, 3.63) is 17.7 Å². The highest BCUT2D eigenvalue weighted by molar-refractivity contribution is 7.11. The second kappa shape index (κ2) is 6.74. The number of ether oxygens (including phenoxy) is 1. The highest BCUT2D eigenvalue weighted by Crippen LogP contribution is 2.30. The minimum absolute atomic E-state index is 0.0877. The van der Waals surface area contributed by atoms with E-state index in [1.807, 2.05) is 13.0 Å². The summed E-state index contributed by atoms with van der Waals surface area (Å²) < 4.78 is 9.28. The van der Waals surface area contributed by atoms with Gasteiger partial charge in [0, 0.05) is 14.1 Å². The van der Waals surface area contributed by atoms with E-state index in [1.54, 1.807) is 20.2 Å². The Kier molecular flexibility index (Phi) is 5.31. The van der Waals surface area contributed by atoms with Gasteiger partial charge in [-0.1, -0.05) is 12.2 Å². The van der Waals surface area contributed by atoms with Gasteiger partial charge in [-0.2, -0.15) is 4.37 Å². The van der Waals surface area contributed by atoms with E-state index in [0.717, 1.165) is 11.5 Å². The van der Waals surface area contributed by atoms with Crippen LogP contribution in [0.4, 0.5) is 9.80 Å². The number of rotatable bonds is 5. The lowest BCUT2D eigenvalue weighted by Crippen LogP contribution is -2.28. The van der Waals surface area contributed by atoms with E-state index in [1.165, 1.54) is 4.90 Å². The third-order valence-electron chi connectivity index (χ3n) is 2.09. The third-order valence-corrected chi connectivity index (χ3v) is 2.83. The first-order valence-electron chi connectivity index (χ1n) is 5.49. The Morgan fingerprint density at radius 3 is 2.74 bits per heavy atom. The Bertz CT molecular complexity index is 496. The molecule has 7 nitrogen and oxygen atoms in total. The number of amides is 3. The van der Waals surface area contributed by atoms with Crippen LogP contribution in [0.5, 0.6) is 5.88 Å². The van der Waals surface area contributed by atoms with Crippen LogP contribution >= 0.6 is 11.5 Å². The van der Waals surface area contributed by atoms with Crippen molar-refractivity contribution in [1.82, 2.24) is 9.27 Å². The molecule has 0 unspecified atom stereocenters. The second-order valence-electron chi connectivity index (χ2n) is 3.76. The Morgan fingerprint density at radius 1 is 1.53 bits per heavy atom. The average molecular weight is 284 g/mol. The maximum Gasteiger partial charge on any atom is 0.321 e. The lowest BCUT2D eigenvalue weighted by molar-refractivity contribution is 0.0997. The van der Waals surface area contributed by atoms with Crippen molar-refractivity contribution in [1.29, 1.82) is 0 Å². The predicted octanol–water partition coefficient (Wildman–Crippen LogP) is 1.29. The fourth-order valence-corrected chi connectivity index (χ4v) is 1.84. The van der Waals surface area contributed by atoms with Crippen LogP contribution in [0.3, 0.4) is 0 Å². The summed E-state index contributed by atoms with van der Waals surface area (Å²) >= 11 is 0.950. The molecule has 0 bridgehead atoms. The molecule has 0 fully saturated rings. The summed E-state index contributed by atoms with van der Waals surface area (Å²) in [5, 5.41) is 2.83. The quantitative estimate of drug-likeness (QED) is 0.796. The second-order valence-corrected chi connectivity index (χ2v) is 4.53. The van der Waals surface area contributed by atoms with Crippen molar-refractivity contribution in [3.63, 3.8) is 0 Å². The number of aromatic nitrogens is 1. The number of hydrogen-bond acceptors (Lipinski definition) is 5. The van der Waals surface area contributed by atoms with Crippen molar-refractivity contribution >= 4 is 28.5 Å². The number of allylic oxidation sites excluding steroid dienone is 1. The van der Waals surface area contributed by atoms with Crippen LogP contribution in [0.25, 0.3) is 0 Å². The summed E-state index contributed by atoms with van der Waals surface area (Å²) in [6.07, 6.45) is 3.58. The van der Waals surface area contributed by atoms with E-state index < -0.39 is 5.91 Å². The molecule has 3 amide bonds. The zero-order valence-electron chi connectivity index (χ0n) is 11.0. The van der Waals surface area contributed by atoms with Crippen molar-refractivity contribution in [3.8, 4) is 5.88 Å². The largest absolute Gasteiger partial charge is 0.472 e. The Morgan fingerprint density at radius 2 is 2.21 bits per heavy atom. The highest BCUT2D eigenvalue weighted by Gasteiger charge is 2.22. The SMILES string of the molecule is C/C=C/COc1nsc(NC(=O)N(C)C)c1C(N)=O. The normalized spacial score (nSPS) is 10.5. The molecule has 0 saturated heterocycles. The first kappa shape index (κ1) is 15.0. The lowest BCUT2D eigenvalue weighted by atomic mass is 10.3. The molecule has 0 radical (unpaired) electrons. The summed E-state index contributed by atoms with van der Waals surface area (Å²) in [4.78, 5) is 24.3. The molecule has 1 aromatic rings. The number of anilines is 1. The first-order chi connectivity index (χ1) is 8.97. The molecule has 0 spiro atoms. The summed E-state index contributed by atoms with van der Waals surface area (Å²) in [5.41, 5.74) is 5.37. The number of carbonyl (C=O) groups is 2. The number of primary amides is 1. The lowest BCUT2D eigenvalue weighted by Gasteiger charge is -2.11. The van der Waals surface area contributed by atoms with Gasteiger partial charge in [0.15, 0.2) is 0 Å². The molecule has 0 aliphatic rings. The maximum absolute atomic E-state index is 11.5. The number of nitrogens with two attached hydrogens (primary N) is 1. The molecule has 0 saturated carbocycles. The fraction of sp³-hybridized carbons (Fsp3) is 0.364. The van der Waals surface area contributed by atoms with Crippen LogP contribution in [-0.4, -0.2) is 41.9 Å². The monoisotopic (exact) mass is 284 g/mol. The van der Waals surface area contributed by atoms with Gasteiger partial charge in [0.2, 0.25) is 5.88 Å². The summed E-state index contributed by atoms with van der Waals surface area (Å²) in [7, 11) is 3.17. The Hall–Kier alpha value is -2.09. The van der Waals surface area contributed by atoms with Gasteiger partial charge in [-0.3, -0.25) is 10.1 Å². The van der Waals surface area contributed by atoms with E-state index in [-0.39, 0.29) is 29.1 Å². The van der Waals surface area contributed by atoms with Crippen LogP contribution in [-0.2, 0) is 0 Å². The van der Waals surface area contributed by atoms with Crippen LogP contribution in [0.2, 0.25) is 0 Å². The molecule has 8 heteroatoms. The predicted molar refractivity (Wildman–Crippen MR) is 73.6 cm³/mol. The van der Waals surface area contributed by atoms with Crippen LogP contribution in [0.1, 0.15) is 17.3 Å². The fourth-order valence-electron chi connectivity index (χ4n) is 1.11. The number of nitrogens with one attached hydrogen (secondary N) is 1. The summed E-state index contributed by atoms with van der Waals surface area (Å²) in [6, 6.07) is -0.369. The Balaban J connectivity index is 2.93. The van der Waals surface area contributed by atoms with Gasteiger partial charge in [-0.05, 0) is 18.5 Å². The molecule has 1 rings (SSSR count). The molecule has 0 atom stereocenters. The van der Waals surface area contributed by atoms with Crippen molar-refractivity contribution in [2.75, 3.05) is 26.0 Å². The molecule has 1 aromatic heterocycles. The molecule has 19 heavy (non-hydrogen) atoms. The average Bonchev–Trinajstić information content (AvgIpc) is 2.72. The van der Waals surface area contributed by atoms with Crippen molar-refractivity contribution < 1.29 is 14.3 Å². The number of urea groups is 1. The first-order valence-corrected chi connectivity index (χ1v) is 6.26. The van der Waals surface area contributed by atoms with Gasteiger partial charge in [-0.15, -0.1) is 0 Å². The van der Waals surface area contributed by atoms with E-state index in [9.17, 15) is 9.59 Å². The molecular formula is C11H16N4O3S. The molecule has 0 aromatic carbocycles. The standard InChI is InChI=1S/C11H16N4O3S/c1-4-5-6-18-9-7(8(12)16)10(19-14-9)13-11(17)15(2)3/h4-5H,6H2,1-3H3,(H2,12,16)(H,13,17)/b5-4+. The molecule has 3 N–H and O–H groups in total. The molecule has 1 heterocycles. The maximum atomic E-state index is 11.5. The van der Waals surface area contributed by atoms with Crippen molar-refractivity contribution in [2.45, 2.75) is 6.92 Å². The zero-order chi connectivity index (χ0) is 14.4. The van der Waals surface area contributed by atoms with Gasteiger partial charge < -0.3 is 15.4 Å². The van der Waals surface area contributed by atoms with Gasteiger partial charge in [0.25, 0.3) is 5.91 Å². The molecule has 104 valence electrons. The van der Waals surface area contributed by atoms with Crippen LogP contribution in [0, 0.1) is 0 Å². The van der Waals surface area contributed by atoms with Gasteiger partial charge in [0.1, 0.15) is 17.2 Å². The number of hydrogen-bond donors (Lipinski definition) is 2. The van der Waals surface area contributed by atoms with E-state index in [2.05, 4.69) is 9.69 Å². The van der Waals surface area contributed by atoms with E-state index in [0.29, 0.717) is 0 Å². The summed E-state index contributed by atoms with van der Waals surface area (Å²) in [5.74, 6) is -0.567. The summed E-state index contributed by atoms with van der Waals surface area (Å²) in [6.45, 7) is 2.13. The highest BCUT2D eigenvalue weighted by atomic mass is 32.1. The number of carbonyl (C=O) groups excluding carboxylic acids is 2. The topological polar surface area (TPSA) is 97.6 Å². The minimum atomic E-state index is -0.696. The minimum Gasteiger partial charge on any atom is -0.472 e. The van der Waals surface area contributed by atoms with Crippen molar-refractivity contribution in [2.24, 2.45) is 5.73 Å². The molecular weight excluding hydrogens is 268 g/mol. The van der Waals surface area contributed by atoms with E-state index >= 15 is 0 Å². The smallest absolute Gasteiger partial charge is 0.321 e. The number of nitrogens with zero attached hydrogens (tertiary/aromatic N) is 2.